The van der Waals surface area contributed by atoms with Gasteiger partial charge in [-0.05, 0) is 25.0 Å². The number of hydrogen-bond donors (Lipinski definition) is 2. The zero-order valence-corrected chi connectivity index (χ0v) is 16.3. The average molecular weight is 395 g/mol. The minimum absolute atomic E-state index is 0.117. The predicted molar refractivity (Wildman–Crippen MR) is 108 cm³/mol. The molecule has 1 atom stereocenters. The van der Waals surface area contributed by atoms with Crippen molar-refractivity contribution >= 4 is 28.8 Å². The molecule has 7 nitrogen and oxygen atoms in total. The van der Waals surface area contributed by atoms with E-state index in [2.05, 4.69) is 20.7 Å². The Morgan fingerprint density at radius 3 is 2.96 bits per heavy atom. The summed E-state index contributed by atoms with van der Waals surface area (Å²) < 4.78 is 0. The summed E-state index contributed by atoms with van der Waals surface area (Å²) >= 11 is 1.56. The highest BCUT2D eigenvalue weighted by atomic mass is 32.1. The number of carbonyl (C=O) groups excluding carboxylic acids is 2. The lowest BCUT2D eigenvalue weighted by atomic mass is 9.95. The lowest BCUT2D eigenvalue weighted by molar-refractivity contribution is -0.130. The number of para-hydroxylation sites is 1. The van der Waals surface area contributed by atoms with Gasteiger partial charge in [-0.3, -0.25) is 9.59 Å². The molecule has 2 amide bonds. The first kappa shape index (κ1) is 18.4. The van der Waals surface area contributed by atoms with Crippen LogP contribution in [0.2, 0.25) is 0 Å². The second-order valence-corrected chi connectivity index (χ2v) is 7.68. The molecule has 0 bridgehead atoms. The van der Waals surface area contributed by atoms with Crippen LogP contribution in [-0.2, 0) is 4.79 Å². The summed E-state index contributed by atoms with van der Waals surface area (Å²) in [5.41, 5.74) is 2.58. The highest BCUT2D eigenvalue weighted by Crippen LogP contribution is 2.34. The van der Waals surface area contributed by atoms with E-state index in [0.717, 1.165) is 42.2 Å². The van der Waals surface area contributed by atoms with Crippen LogP contribution in [0.25, 0.3) is 10.6 Å². The Bertz CT molecular complexity index is 982. The van der Waals surface area contributed by atoms with E-state index < -0.39 is 0 Å². The van der Waals surface area contributed by atoms with Crippen molar-refractivity contribution in [2.24, 2.45) is 0 Å². The molecule has 1 aliphatic heterocycles. The molecule has 0 spiro atoms. The summed E-state index contributed by atoms with van der Waals surface area (Å²) in [5, 5.41) is 5.82. The second-order valence-electron chi connectivity index (χ2n) is 6.82. The molecular weight excluding hydrogens is 374 g/mol. The number of anilines is 1. The maximum Gasteiger partial charge on any atom is 0.291 e. The van der Waals surface area contributed by atoms with Gasteiger partial charge in [-0.1, -0.05) is 12.1 Å². The standard InChI is InChI=1S/C20H21N5O2S/c1-13(26)25-10-4-5-14(11-25)17-12-28-20(24-17)15-6-2-3-7-16(15)23-19(27)18-21-8-9-22-18/h2-3,6-9,12,14H,4-5,10-11H2,1H3,(H,21,22)(H,23,27)/t14-/m0/s1. The van der Waals surface area contributed by atoms with Gasteiger partial charge in [0.25, 0.3) is 5.91 Å². The third-order valence-electron chi connectivity index (χ3n) is 4.93. The number of benzene rings is 1. The fourth-order valence-electron chi connectivity index (χ4n) is 3.45. The first-order valence-corrected chi connectivity index (χ1v) is 10.1. The van der Waals surface area contributed by atoms with Crippen molar-refractivity contribution in [3.8, 4) is 10.6 Å². The summed E-state index contributed by atoms with van der Waals surface area (Å²) in [7, 11) is 0. The van der Waals surface area contributed by atoms with Crippen LogP contribution in [0, 0.1) is 0 Å². The van der Waals surface area contributed by atoms with Crippen LogP contribution >= 0.6 is 11.3 Å². The Kier molecular flexibility index (Phi) is 5.21. The molecule has 2 aromatic heterocycles. The Hall–Kier alpha value is -3.00. The van der Waals surface area contributed by atoms with Crippen LogP contribution in [-0.4, -0.2) is 44.8 Å². The quantitative estimate of drug-likeness (QED) is 0.707. The Labute approximate surface area is 166 Å². The van der Waals surface area contributed by atoms with E-state index in [1.54, 1.807) is 30.7 Å². The van der Waals surface area contributed by atoms with Gasteiger partial charge in [0.05, 0.1) is 11.4 Å². The molecular formula is C20H21N5O2S. The smallest absolute Gasteiger partial charge is 0.291 e. The van der Waals surface area contributed by atoms with Gasteiger partial charge in [0.15, 0.2) is 5.82 Å². The maximum absolute atomic E-state index is 12.4. The van der Waals surface area contributed by atoms with E-state index in [9.17, 15) is 9.59 Å². The summed E-state index contributed by atoms with van der Waals surface area (Å²) in [6.45, 7) is 3.16. The van der Waals surface area contributed by atoms with Crippen molar-refractivity contribution in [3.63, 3.8) is 0 Å². The Morgan fingerprint density at radius 1 is 1.32 bits per heavy atom. The van der Waals surface area contributed by atoms with E-state index in [0.29, 0.717) is 5.69 Å². The molecule has 144 valence electrons. The zero-order chi connectivity index (χ0) is 19.5. The number of likely N-dealkylation sites (tertiary alicyclic amines) is 1. The second kappa shape index (κ2) is 7.93. The molecule has 8 heteroatoms. The van der Waals surface area contributed by atoms with E-state index in [-0.39, 0.29) is 23.6 Å². The molecule has 3 aromatic rings. The van der Waals surface area contributed by atoms with Crippen molar-refractivity contribution in [3.05, 3.63) is 53.6 Å². The SMILES string of the molecule is CC(=O)N1CCC[C@H](c2csc(-c3ccccc3NC(=O)c3ncc[nH]3)n2)C1. The van der Waals surface area contributed by atoms with Gasteiger partial charge >= 0.3 is 0 Å². The minimum atomic E-state index is -0.293. The molecule has 2 N–H and O–H groups in total. The molecule has 28 heavy (non-hydrogen) atoms. The molecule has 1 aromatic carbocycles. The van der Waals surface area contributed by atoms with E-state index in [4.69, 9.17) is 4.98 Å². The fraction of sp³-hybridized carbons (Fsp3) is 0.300. The summed E-state index contributed by atoms with van der Waals surface area (Å²) in [4.78, 5) is 37.6. The van der Waals surface area contributed by atoms with Gasteiger partial charge in [-0.15, -0.1) is 11.3 Å². The number of imidazole rings is 1. The average Bonchev–Trinajstić information content (AvgIpc) is 3.41. The van der Waals surface area contributed by atoms with Gasteiger partial charge in [-0.25, -0.2) is 9.97 Å². The third-order valence-corrected chi connectivity index (χ3v) is 5.82. The molecule has 3 heterocycles. The van der Waals surface area contributed by atoms with Gasteiger partial charge in [0.1, 0.15) is 5.01 Å². The number of rotatable bonds is 4. The highest BCUT2D eigenvalue weighted by Gasteiger charge is 2.25. The number of aromatic amines is 1. The number of amides is 2. The lowest BCUT2D eigenvalue weighted by Crippen LogP contribution is -2.37. The van der Waals surface area contributed by atoms with Gasteiger partial charge in [0.2, 0.25) is 5.91 Å². The van der Waals surface area contributed by atoms with Crippen molar-refractivity contribution in [1.29, 1.82) is 0 Å². The molecule has 1 saturated heterocycles. The molecule has 0 aliphatic carbocycles. The van der Waals surface area contributed by atoms with Gasteiger partial charge in [-0.2, -0.15) is 0 Å². The van der Waals surface area contributed by atoms with Crippen molar-refractivity contribution in [1.82, 2.24) is 19.9 Å². The van der Waals surface area contributed by atoms with Crippen LogP contribution in [0.3, 0.4) is 0 Å². The Balaban J connectivity index is 1.56. The summed E-state index contributed by atoms with van der Waals surface area (Å²) in [6, 6.07) is 7.61. The fourth-order valence-corrected chi connectivity index (χ4v) is 4.39. The molecule has 0 radical (unpaired) electrons. The molecule has 0 unspecified atom stereocenters. The van der Waals surface area contributed by atoms with Crippen molar-refractivity contribution < 1.29 is 9.59 Å². The number of nitrogens with zero attached hydrogens (tertiary/aromatic N) is 3. The van der Waals surface area contributed by atoms with Gasteiger partial charge < -0.3 is 15.2 Å². The molecule has 0 saturated carbocycles. The first-order chi connectivity index (χ1) is 13.6. The highest BCUT2D eigenvalue weighted by molar-refractivity contribution is 7.13. The predicted octanol–water partition coefficient (Wildman–Crippen LogP) is 3.51. The zero-order valence-electron chi connectivity index (χ0n) is 15.5. The number of aromatic nitrogens is 3. The number of H-pyrrole nitrogens is 1. The largest absolute Gasteiger partial charge is 0.342 e. The lowest BCUT2D eigenvalue weighted by Gasteiger charge is -2.31. The van der Waals surface area contributed by atoms with E-state index >= 15 is 0 Å². The van der Waals surface area contributed by atoms with Gasteiger partial charge in [0, 0.05) is 49.3 Å². The van der Waals surface area contributed by atoms with Crippen LogP contribution < -0.4 is 5.32 Å². The maximum atomic E-state index is 12.4. The number of nitrogens with one attached hydrogen (secondary N) is 2. The minimum Gasteiger partial charge on any atom is -0.342 e. The number of carbonyl (C=O) groups is 2. The third kappa shape index (κ3) is 3.82. The van der Waals surface area contributed by atoms with Crippen molar-refractivity contribution in [2.45, 2.75) is 25.7 Å². The normalized spacial score (nSPS) is 16.8. The van der Waals surface area contributed by atoms with E-state index in [1.165, 1.54) is 0 Å². The van der Waals surface area contributed by atoms with Crippen LogP contribution in [0.15, 0.2) is 42.0 Å². The van der Waals surface area contributed by atoms with Crippen LogP contribution in [0.4, 0.5) is 5.69 Å². The van der Waals surface area contributed by atoms with Crippen LogP contribution in [0.1, 0.15) is 42.0 Å². The Morgan fingerprint density at radius 2 is 2.18 bits per heavy atom. The van der Waals surface area contributed by atoms with Crippen LogP contribution in [0.5, 0.6) is 0 Å². The number of piperidine rings is 1. The van der Waals surface area contributed by atoms with Crippen molar-refractivity contribution in [2.75, 3.05) is 18.4 Å². The summed E-state index contributed by atoms with van der Waals surface area (Å²) in [5.74, 6) is 0.346. The monoisotopic (exact) mass is 395 g/mol. The first-order valence-electron chi connectivity index (χ1n) is 9.23. The molecule has 1 aliphatic rings. The molecule has 4 rings (SSSR count). The topological polar surface area (TPSA) is 91.0 Å². The molecule has 1 fully saturated rings. The van der Waals surface area contributed by atoms with E-state index in [1.807, 2.05) is 29.2 Å². The number of hydrogen-bond acceptors (Lipinski definition) is 5. The summed E-state index contributed by atoms with van der Waals surface area (Å²) in [6.07, 6.45) is 5.18. The number of thiazole rings is 1.